The van der Waals surface area contributed by atoms with Crippen LogP contribution in [0.3, 0.4) is 0 Å². The molecule has 0 nitrogen and oxygen atoms in total. The van der Waals surface area contributed by atoms with E-state index in [1.165, 1.54) is 65.5 Å². The Kier molecular flexibility index (Phi) is 19.2. The van der Waals surface area contributed by atoms with Crippen molar-refractivity contribution >= 4 is 0 Å². The molecule has 2 aromatic carbocycles. The molecule has 0 spiro atoms. The lowest BCUT2D eigenvalue weighted by atomic mass is 9.53. The minimum Gasteiger partial charge on any atom is -0.0773 e. The van der Waals surface area contributed by atoms with Crippen LogP contribution in [0.5, 0.6) is 0 Å². The molecule has 256 valence electrons. The largest absolute Gasteiger partial charge is 0.0773 e. The Morgan fingerprint density at radius 1 is 0.478 bits per heavy atom. The molecule has 2 aromatic rings. The number of hydrogen-bond donors (Lipinski definition) is 0. The van der Waals surface area contributed by atoms with Gasteiger partial charge in [-0.05, 0) is 87.2 Å². The van der Waals surface area contributed by atoms with Crippen LogP contribution in [0.2, 0.25) is 0 Å². The maximum absolute atomic E-state index is 2.69. The monoisotopic (exact) mass is 625 g/mol. The molecule has 4 atom stereocenters. The van der Waals surface area contributed by atoms with Crippen LogP contribution in [0, 0.1) is 35.5 Å². The molecule has 0 radical (unpaired) electrons. The van der Waals surface area contributed by atoms with E-state index in [2.05, 4.69) is 127 Å². The summed E-state index contributed by atoms with van der Waals surface area (Å²) in [4.78, 5) is 0. The van der Waals surface area contributed by atoms with Crippen LogP contribution >= 0.6 is 0 Å². The van der Waals surface area contributed by atoms with Gasteiger partial charge in [0, 0.05) is 5.41 Å². The Balaban J connectivity index is 0.000000868. The van der Waals surface area contributed by atoms with E-state index in [0.29, 0.717) is 35.5 Å². The van der Waals surface area contributed by atoms with Gasteiger partial charge in [-0.15, -0.1) is 0 Å². The summed E-state index contributed by atoms with van der Waals surface area (Å²) in [6, 6.07) is 23.3. The quantitative estimate of drug-likeness (QED) is 0.317. The number of fused-ring (bicyclic) bond motifs is 3. The highest BCUT2D eigenvalue weighted by Crippen LogP contribution is 2.64. The van der Waals surface area contributed by atoms with Crippen molar-refractivity contribution in [2.75, 3.05) is 0 Å². The van der Waals surface area contributed by atoms with E-state index < -0.39 is 0 Å². The molecular formula is C46H72. The molecule has 0 aromatic heterocycles. The molecule has 0 saturated heterocycles. The van der Waals surface area contributed by atoms with Crippen molar-refractivity contribution in [3.8, 4) is 0 Å². The first-order valence-electron chi connectivity index (χ1n) is 19.3. The fourth-order valence-electron chi connectivity index (χ4n) is 8.51. The summed E-state index contributed by atoms with van der Waals surface area (Å²) in [5, 5.41) is 0. The Morgan fingerprint density at radius 2 is 0.761 bits per heavy atom. The van der Waals surface area contributed by atoms with Gasteiger partial charge in [-0.1, -0.05) is 196 Å². The van der Waals surface area contributed by atoms with E-state index in [9.17, 15) is 0 Å². The van der Waals surface area contributed by atoms with Crippen molar-refractivity contribution in [1.29, 1.82) is 0 Å². The van der Waals surface area contributed by atoms with Crippen LogP contribution in [0.25, 0.3) is 0 Å². The first-order valence-corrected chi connectivity index (χ1v) is 19.3. The molecule has 6 rings (SSSR count). The Labute approximate surface area is 287 Å². The topological polar surface area (TPSA) is 0 Å². The van der Waals surface area contributed by atoms with Crippen LogP contribution in [0.4, 0.5) is 0 Å². The van der Waals surface area contributed by atoms with Gasteiger partial charge in [0.05, 0.1) is 0 Å². The van der Waals surface area contributed by atoms with Crippen LogP contribution in [0.15, 0.2) is 107 Å². The minimum absolute atomic E-state index is 0.0209. The molecule has 0 heteroatoms. The van der Waals surface area contributed by atoms with Gasteiger partial charge in [0.2, 0.25) is 0 Å². The van der Waals surface area contributed by atoms with Gasteiger partial charge in [0.15, 0.2) is 0 Å². The first kappa shape index (κ1) is 41.4. The lowest BCUT2D eigenvalue weighted by Gasteiger charge is -2.50. The van der Waals surface area contributed by atoms with Gasteiger partial charge in [-0.25, -0.2) is 0 Å². The number of rotatable bonds is 4. The van der Waals surface area contributed by atoms with E-state index in [1.54, 1.807) is 0 Å². The molecule has 0 N–H and O–H groups in total. The third-order valence-electron chi connectivity index (χ3n) is 10.2. The zero-order valence-electron chi connectivity index (χ0n) is 32.6. The zero-order valence-corrected chi connectivity index (χ0v) is 32.6. The van der Waals surface area contributed by atoms with Crippen molar-refractivity contribution in [2.45, 2.75) is 134 Å². The molecular weight excluding hydrogens is 553 g/mol. The lowest BCUT2D eigenvalue weighted by molar-refractivity contribution is 0.158. The molecule has 4 aliphatic rings. The molecule has 4 unspecified atom stereocenters. The summed E-state index contributed by atoms with van der Waals surface area (Å²) in [7, 11) is 0. The predicted molar refractivity (Wildman–Crippen MR) is 209 cm³/mol. The average Bonchev–Trinajstić information content (AvgIpc) is 3.75. The molecule has 0 heterocycles. The molecule has 0 aliphatic heterocycles. The number of hydrogen-bond acceptors (Lipinski definition) is 0. The van der Waals surface area contributed by atoms with Gasteiger partial charge in [0.1, 0.15) is 0 Å². The van der Waals surface area contributed by atoms with Gasteiger partial charge in [-0.3, -0.25) is 0 Å². The highest BCUT2D eigenvalue weighted by molar-refractivity contribution is 5.48. The lowest BCUT2D eigenvalue weighted by Crippen LogP contribution is -2.47. The van der Waals surface area contributed by atoms with Crippen molar-refractivity contribution in [2.24, 2.45) is 35.5 Å². The van der Waals surface area contributed by atoms with Gasteiger partial charge >= 0.3 is 0 Å². The first-order chi connectivity index (χ1) is 22.4. The fraction of sp³-hybridized carbons (Fsp3) is 0.565. The van der Waals surface area contributed by atoms with E-state index in [4.69, 9.17) is 0 Å². The second-order valence-corrected chi connectivity index (χ2v) is 12.5. The van der Waals surface area contributed by atoms with Crippen LogP contribution < -0.4 is 0 Å². The van der Waals surface area contributed by atoms with Gasteiger partial charge < -0.3 is 0 Å². The molecule has 2 fully saturated rings. The van der Waals surface area contributed by atoms with E-state index in [0.717, 1.165) is 0 Å². The van der Waals surface area contributed by atoms with E-state index >= 15 is 0 Å². The van der Waals surface area contributed by atoms with Crippen molar-refractivity contribution < 1.29 is 0 Å². The third kappa shape index (κ3) is 8.65. The van der Waals surface area contributed by atoms with Crippen LogP contribution in [0.1, 0.15) is 140 Å². The van der Waals surface area contributed by atoms with Gasteiger partial charge in [0.25, 0.3) is 0 Å². The molecule has 2 saturated carbocycles. The van der Waals surface area contributed by atoms with E-state index in [-0.39, 0.29) is 5.41 Å². The zero-order chi connectivity index (χ0) is 34.9. The maximum Gasteiger partial charge on any atom is 0.0270 e. The highest BCUT2D eigenvalue weighted by atomic mass is 14.6. The Bertz CT molecular complexity index is 1130. The summed E-state index contributed by atoms with van der Waals surface area (Å²) < 4.78 is 0. The fourth-order valence-corrected chi connectivity index (χ4v) is 8.51. The van der Waals surface area contributed by atoms with Crippen LogP contribution in [-0.4, -0.2) is 0 Å². The van der Waals surface area contributed by atoms with Gasteiger partial charge in [-0.2, -0.15) is 0 Å². The molecule has 4 aliphatic carbocycles. The maximum atomic E-state index is 2.69. The van der Waals surface area contributed by atoms with Crippen molar-refractivity contribution in [3.05, 3.63) is 118 Å². The standard InChI is InChI=1S/C35H40.C3H8.4C2H6/c1-23-19-30-31-20-24(2)26(4)22-33(31)34(32(30)21-25(23)3)35(29-17-11-12-18-29,27-13-7-5-8-14-27)28-15-9-6-10-16-28;1-3-2;4*1-2/h5-10,13-16,19-22,29-34H,11-12,17-18H2,1-4H3;3H2,1-2H3;4*1-2H3. The second kappa shape index (κ2) is 21.3. The summed E-state index contributed by atoms with van der Waals surface area (Å²) in [6.45, 7) is 29.6. The SMILES string of the molecule is CC.CC.CC.CC.CC1=CC2C3C=C(C)C(C)=CC3C(C(c3ccccc3)(c3ccccc3)C3CCCC3)C2C=C1C.CCC. The van der Waals surface area contributed by atoms with Crippen LogP contribution in [-0.2, 0) is 5.41 Å². The second-order valence-electron chi connectivity index (χ2n) is 12.5. The van der Waals surface area contributed by atoms with Crippen molar-refractivity contribution in [3.63, 3.8) is 0 Å². The molecule has 0 bridgehead atoms. The van der Waals surface area contributed by atoms with E-state index in [1.807, 2.05) is 55.4 Å². The Morgan fingerprint density at radius 3 is 1.07 bits per heavy atom. The summed E-state index contributed by atoms with van der Waals surface area (Å²) in [5.74, 6) is 3.51. The predicted octanol–water partition coefficient (Wildman–Crippen LogP) is 14.6. The molecule has 0 amide bonds. The normalized spacial score (nSPS) is 24.3. The molecule has 46 heavy (non-hydrogen) atoms. The summed E-state index contributed by atoms with van der Waals surface area (Å²) in [6.07, 6.45) is 17.3. The number of allylic oxidation sites excluding steroid dienone is 8. The Hall–Kier alpha value is -2.60. The average molecular weight is 625 g/mol. The summed E-state index contributed by atoms with van der Waals surface area (Å²) >= 11 is 0. The summed E-state index contributed by atoms with van der Waals surface area (Å²) in [5.41, 5.74) is 9.03. The highest BCUT2D eigenvalue weighted by Gasteiger charge is 2.60. The van der Waals surface area contributed by atoms with Crippen molar-refractivity contribution in [1.82, 2.24) is 0 Å². The third-order valence-corrected chi connectivity index (χ3v) is 10.2. The minimum atomic E-state index is 0.0209. The smallest absolute Gasteiger partial charge is 0.0270 e. The number of benzene rings is 2.